The van der Waals surface area contributed by atoms with E-state index in [0.717, 1.165) is 43.1 Å². The first kappa shape index (κ1) is 17.7. The monoisotopic (exact) mass is 340 g/mol. The van der Waals surface area contributed by atoms with Crippen LogP contribution < -0.4 is 10.2 Å². The summed E-state index contributed by atoms with van der Waals surface area (Å²) in [5, 5.41) is 13.0. The van der Waals surface area contributed by atoms with Gasteiger partial charge >= 0.3 is 0 Å². The molecule has 1 aliphatic rings. The molecule has 1 aromatic carbocycles. The molecule has 2 heterocycles. The maximum absolute atomic E-state index is 9.78. The Morgan fingerprint density at radius 2 is 1.96 bits per heavy atom. The third kappa shape index (κ3) is 3.93. The fraction of sp³-hybridized carbons (Fsp3) is 0.500. The Morgan fingerprint density at radius 3 is 2.64 bits per heavy atom. The van der Waals surface area contributed by atoms with Crippen molar-refractivity contribution < 1.29 is 5.11 Å². The summed E-state index contributed by atoms with van der Waals surface area (Å²) in [6.07, 6.45) is 0.550. The molecule has 5 nitrogen and oxygen atoms in total. The molecular weight excluding hydrogens is 312 g/mol. The molecule has 0 aliphatic carbocycles. The van der Waals surface area contributed by atoms with Crippen LogP contribution in [0.4, 0.5) is 11.8 Å². The van der Waals surface area contributed by atoms with Gasteiger partial charge in [0.25, 0.3) is 0 Å². The summed E-state index contributed by atoms with van der Waals surface area (Å²) in [4.78, 5) is 11.6. The van der Waals surface area contributed by atoms with E-state index in [4.69, 9.17) is 4.98 Å². The molecule has 0 radical (unpaired) electrons. The van der Waals surface area contributed by atoms with Crippen LogP contribution in [0.15, 0.2) is 24.3 Å². The summed E-state index contributed by atoms with van der Waals surface area (Å²) in [7, 11) is 0. The van der Waals surface area contributed by atoms with Gasteiger partial charge in [0.15, 0.2) is 0 Å². The van der Waals surface area contributed by atoms with Crippen LogP contribution in [0.25, 0.3) is 0 Å². The lowest BCUT2D eigenvalue weighted by Crippen LogP contribution is -2.31. The van der Waals surface area contributed by atoms with Crippen LogP contribution in [-0.4, -0.2) is 28.2 Å². The highest BCUT2D eigenvalue weighted by Crippen LogP contribution is 2.28. The number of hydrogen-bond acceptors (Lipinski definition) is 5. The number of hydrogen-bond donors (Lipinski definition) is 2. The van der Waals surface area contributed by atoms with Crippen molar-refractivity contribution in [2.75, 3.05) is 23.3 Å². The molecule has 2 aromatic rings. The minimum absolute atomic E-state index is 0.366. The van der Waals surface area contributed by atoms with Gasteiger partial charge in [-0.3, -0.25) is 0 Å². The van der Waals surface area contributed by atoms with E-state index in [2.05, 4.69) is 54.2 Å². The van der Waals surface area contributed by atoms with Crippen LogP contribution in [0.1, 0.15) is 62.1 Å². The molecule has 134 valence electrons. The fourth-order valence-corrected chi connectivity index (χ4v) is 3.18. The summed E-state index contributed by atoms with van der Waals surface area (Å²) in [6.45, 7) is 10.8. The van der Waals surface area contributed by atoms with Crippen molar-refractivity contribution in [2.24, 2.45) is 0 Å². The van der Waals surface area contributed by atoms with Gasteiger partial charge in [0.2, 0.25) is 5.95 Å². The molecule has 0 saturated carbocycles. The van der Waals surface area contributed by atoms with Gasteiger partial charge in [-0.2, -0.15) is 4.98 Å². The van der Waals surface area contributed by atoms with Crippen molar-refractivity contribution in [3.63, 3.8) is 0 Å². The van der Waals surface area contributed by atoms with E-state index in [0.29, 0.717) is 11.9 Å². The van der Waals surface area contributed by atoms with Crippen molar-refractivity contribution in [1.82, 2.24) is 9.97 Å². The lowest BCUT2D eigenvalue weighted by molar-refractivity contribution is 0.199. The number of nitrogens with zero attached hydrogens (tertiary/aromatic N) is 3. The molecule has 0 fully saturated rings. The van der Waals surface area contributed by atoms with Crippen LogP contribution in [0, 0.1) is 0 Å². The third-order valence-electron chi connectivity index (χ3n) is 4.71. The first-order valence-electron chi connectivity index (χ1n) is 9.15. The summed E-state index contributed by atoms with van der Waals surface area (Å²) in [5.41, 5.74) is 4.70. The Labute approximate surface area is 150 Å². The predicted molar refractivity (Wildman–Crippen MR) is 102 cm³/mol. The standard InChI is InChI=1S/C20H28N4O/c1-5-21-20-22-18(13(2)3)11-19(23-20)24-9-8-16-10-15(14(4)25)6-7-17(16)12-24/h6-7,10-11,13-14,25H,5,8-9,12H2,1-4H3,(H,21,22,23)/t14-/m1/s1. The van der Waals surface area contributed by atoms with E-state index in [9.17, 15) is 5.11 Å². The van der Waals surface area contributed by atoms with E-state index in [1.54, 1.807) is 0 Å². The number of benzene rings is 1. The lowest BCUT2D eigenvalue weighted by Gasteiger charge is -2.31. The van der Waals surface area contributed by atoms with E-state index >= 15 is 0 Å². The molecule has 0 amide bonds. The van der Waals surface area contributed by atoms with E-state index in [1.807, 2.05) is 13.0 Å². The maximum atomic E-state index is 9.78. The molecule has 0 unspecified atom stereocenters. The Bertz CT molecular complexity index is 742. The minimum atomic E-state index is -0.415. The second kappa shape index (κ2) is 7.40. The molecule has 0 saturated heterocycles. The fourth-order valence-electron chi connectivity index (χ4n) is 3.18. The topological polar surface area (TPSA) is 61.3 Å². The molecule has 0 bridgehead atoms. The quantitative estimate of drug-likeness (QED) is 0.870. The minimum Gasteiger partial charge on any atom is -0.389 e. The van der Waals surface area contributed by atoms with Crippen LogP contribution in [0.5, 0.6) is 0 Å². The molecule has 1 aromatic heterocycles. The van der Waals surface area contributed by atoms with Gasteiger partial charge in [0.1, 0.15) is 5.82 Å². The zero-order chi connectivity index (χ0) is 18.0. The Balaban J connectivity index is 1.88. The molecule has 25 heavy (non-hydrogen) atoms. The van der Waals surface area contributed by atoms with Crippen LogP contribution in [-0.2, 0) is 13.0 Å². The van der Waals surface area contributed by atoms with Gasteiger partial charge in [-0.05, 0) is 42.9 Å². The maximum Gasteiger partial charge on any atom is 0.224 e. The van der Waals surface area contributed by atoms with E-state index in [-0.39, 0.29) is 0 Å². The molecule has 2 N–H and O–H groups in total. The van der Waals surface area contributed by atoms with Crippen LogP contribution >= 0.6 is 0 Å². The highest BCUT2D eigenvalue weighted by atomic mass is 16.3. The van der Waals surface area contributed by atoms with Crippen molar-refractivity contribution in [3.8, 4) is 0 Å². The largest absolute Gasteiger partial charge is 0.389 e. The lowest BCUT2D eigenvalue weighted by atomic mass is 9.96. The van der Waals surface area contributed by atoms with Crippen molar-refractivity contribution >= 4 is 11.8 Å². The van der Waals surface area contributed by atoms with Gasteiger partial charge in [0.05, 0.1) is 11.8 Å². The number of aromatic nitrogens is 2. The summed E-state index contributed by atoms with van der Waals surface area (Å²) >= 11 is 0. The highest BCUT2D eigenvalue weighted by molar-refractivity contribution is 5.49. The number of fused-ring (bicyclic) bond motifs is 1. The van der Waals surface area contributed by atoms with Crippen LogP contribution in [0.3, 0.4) is 0 Å². The van der Waals surface area contributed by atoms with Gasteiger partial charge < -0.3 is 15.3 Å². The number of nitrogens with one attached hydrogen (secondary N) is 1. The second-order valence-corrected chi connectivity index (χ2v) is 7.04. The van der Waals surface area contributed by atoms with Gasteiger partial charge in [-0.15, -0.1) is 0 Å². The smallest absolute Gasteiger partial charge is 0.224 e. The molecule has 5 heteroatoms. The van der Waals surface area contributed by atoms with Crippen LogP contribution in [0.2, 0.25) is 0 Å². The average Bonchev–Trinajstić information content (AvgIpc) is 2.60. The highest BCUT2D eigenvalue weighted by Gasteiger charge is 2.20. The Morgan fingerprint density at radius 1 is 1.16 bits per heavy atom. The number of anilines is 2. The SMILES string of the molecule is CCNc1nc(C(C)C)cc(N2CCc3cc([C@@H](C)O)ccc3C2)n1. The van der Waals surface area contributed by atoms with Gasteiger partial charge in [-0.25, -0.2) is 4.98 Å². The van der Waals surface area contributed by atoms with E-state index < -0.39 is 6.10 Å². The number of aliphatic hydroxyl groups excluding tert-OH is 1. The molecule has 3 rings (SSSR count). The first-order chi connectivity index (χ1) is 12.0. The normalized spacial score (nSPS) is 15.2. The summed E-state index contributed by atoms with van der Waals surface area (Å²) in [5.74, 6) is 2.06. The molecule has 1 atom stereocenters. The van der Waals surface area contributed by atoms with Crippen molar-refractivity contribution in [3.05, 3.63) is 46.6 Å². The molecule has 1 aliphatic heterocycles. The van der Waals surface area contributed by atoms with E-state index in [1.165, 1.54) is 11.1 Å². The second-order valence-electron chi connectivity index (χ2n) is 7.04. The average molecular weight is 340 g/mol. The first-order valence-corrected chi connectivity index (χ1v) is 9.15. The number of aliphatic hydroxyl groups is 1. The summed E-state index contributed by atoms with van der Waals surface area (Å²) in [6, 6.07) is 8.41. The zero-order valence-corrected chi connectivity index (χ0v) is 15.6. The van der Waals surface area contributed by atoms with Gasteiger partial charge in [0, 0.05) is 25.7 Å². The summed E-state index contributed by atoms with van der Waals surface area (Å²) < 4.78 is 0. The number of rotatable bonds is 5. The van der Waals surface area contributed by atoms with Crippen molar-refractivity contribution in [2.45, 2.75) is 52.7 Å². The van der Waals surface area contributed by atoms with Crippen molar-refractivity contribution in [1.29, 1.82) is 0 Å². The molecule has 0 spiro atoms. The Kier molecular flexibility index (Phi) is 5.23. The van der Waals surface area contributed by atoms with Gasteiger partial charge in [-0.1, -0.05) is 32.0 Å². The zero-order valence-electron chi connectivity index (χ0n) is 15.6. The molecular formula is C20H28N4O. The third-order valence-corrected chi connectivity index (χ3v) is 4.71. The predicted octanol–water partition coefficient (Wildman–Crippen LogP) is 3.65. The Hall–Kier alpha value is -2.14.